The van der Waals surface area contributed by atoms with E-state index in [1.165, 1.54) is 19.2 Å². The van der Waals surface area contributed by atoms with Crippen molar-refractivity contribution in [1.29, 1.82) is 0 Å². The van der Waals surface area contributed by atoms with E-state index in [-0.39, 0.29) is 16.1 Å². The van der Waals surface area contributed by atoms with Crippen molar-refractivity contribution < 1.29 is 17.9 Å². The topological polar surface area (TPSA) is 112 Å². The molecular weight excluding hydrogens is 220 g/mol. The number of nitrogen functional groups attached to an aromatic ring is 1. The van der Waals surface area contributed by atoms with Crippen molar-refractivity contribution in [2.24, 2.45) is 5.14 Å². The summed E-state index contributed by atoms with van der Waals surface area (Å²) in [6.45, 7) is 0. The van der Waals surface area contributed by atoms with Crippen molar-refractivity contribution in [2.75, 3.05) is 12.8 Å². The van der Waals surface area contributed by atoms with Crippen LogP contribution in [0.3, 0.4) is 0 Å². The third kappa shape index (κ3) is 2.45. The molecule has 82 valence electrons. The minimum absolute atomic E-state index is 0.0241. The van der Waals surface area contributed by atoms with E-state index in [0.717, 1.165) is 6.07 Å². The average molecular weight is 230 g/mol. The molecule has 0 fully saturated rings. The Bertz CT molecular complexity index is 495. The van der Waals surface area contributed by atoms with Crippen LogP contribution in [0.5, 0.6) is 0 Å². The highest BCUT2D eigenvalue weighted by atomic mass is 32.2. The number of methoxy groups -OCH3 is 1. The van der Waals surface area contributed by atoms with Gasteiger partial charge in [-0.15, -0.1) is 0 Å². The average Bonchev–Trinajstić information content (AvgIpc) is 2.15. The molecule has 0 atom stereocenters. The Morgan fingerprint density at radius 3 is 2.47 bits per heavy atom. The normalized spacial score (nSPS) is 11.1. The Kier molecular flexibility index (Phi) is 2.96. The summed E-state index contributed by atoms with van der Waals surface area (Å²) >= 11 is 0. The SMILES string of the molecule is COC(=O)c1cc(S(N)(=O)=O)ccc1N. The lowest BCUT2D eigenvalue weighted by molar-refractivity contribution is 0.0601. The fourth-order valence-electron chi connectivity index (χ4n) is 0.999. The second-order valence-electron chi connectivity index (χ2n) is 2.79. The van der Waals surface area contributed by atoms with Gasteiger partial charge in [0.1, 0.15) is 0 Å². The maximum Gasteiger partial charge on any atom is 0.339 e. The minimum atomic E-state index is -3.85. The Morgan fingerprint density at radius 2 is 2.00 bits per heavy atom. The van der Waals surface area contributed by atoms with Crippen molar-refractivity contribution in [2.45, 2.75) is 4.90 Å². The zero-order chi connectivity index (χ0) is 11.6. The molecule has 0 amide bonds. The zero-order valence-electron chi connectivity index (χ0n) is 7.93. The Hall–Kier alpha value is -1.60. The monoisotopic (exact) mass is 230 g/mol. The minimum Gasteiger partial charge on any atom is -0.465 e. The van der Waals surface area contributed by atoms with Gasteiger partial charge in [0, 0.05) is 5.69 Å². The fraction of sp³-hybridized carbons (Fsp3) is 0.125. The van der Waals surface area contributed by atoms with Gasteiger partial charge in [-0.1, -0.05) is 0 Å². The lowest BCUT2D eigenvalue weighted by Crippen LogP contribution is -2.14. The van der Waals surface area contributed by atoms with Crippen LogP contribution in [0.15, 0.2) is 23.1 Å². The fourth-order valence-corrected chi connectivity index (χ4v) is 1.54. The maximum atomic E-state index is 11.2. The number of hydrogen-bond acceptors (Lipinski definition) is 5. The first-order chi connectivity index (χ1) is 6.86. The van der Waals surface area contributed by atoms with Gasteiger partial charge in [-0.05, 0) is 18.2 Å². The van der Waals surface area contributed by atoms with Crippen LogP contribution in [0.4, 0.5) is 5.69 Å². The third-order valence-electron chi connectivity index (χ3n) is 1.76. The molecule has 0 saturated carbocycles. The van der Waals surface area contributed by atoms with E-state index in [9.17, 15) is 13.2 Å². The van der Waals surface area contributed by atoms with Crippen LogP contribution in [0.1, 0.15) is 10.4 Å². The van der Waals surface area contributed by atoms with Crippen molar-refractivity contribution >= 4 is 21.7 Å². The number of hydrogen-bond donors (Lipinski definition) is 2. The summed E-state index contributed by atoms with van der Waals surface area (Å²) in [4.78, 5) is 11.0. The molecule has 6 nitrogen and oxygen atoms in total. The molecule has 0 aliphatic heterocycles. The predicted molar refractivity (Wildman–Crippen MR) is 53.6 cm³/mol. The molecule has 0 radical (unpaired) electrons. The first-order valence-electron chi connectivity index (χ1n) is 3.87. The first kappa shape index (κ1) is 11.5. The van der Waals surface area contributed by atoms with Gasteiger partial charge in [0.05, 0.1) is 17.6 Å². The highest BCUT2D eigenvalue weighted by Gasteiger charge is 2.15. The molecule has 0 saturated heterocycles. The molecule has 1 aromatic carbocycles. The molecular formula is C8H10N2O4S. The number of carbonyl (C=O) groups is 1. The highest BCUT2D eigenvalue weighted by molar-refractivity contribution is 7.89. The largest absolute Gasteiger partial charge is 0.465 e. The van der Waals surface area contributed by atoms with Gasteiger partial charge in [0.15, 0.2) is 0 Å². The molecule has 15 heavy (non-hydrogen) atoms. The standard InChI is InChI=1S/C8H10N2O4S/c1-14-8(11)6-4-5(15(10,12)13)2-3-7(6)9/h2-4H,9H2,1H3,(H2,10,12,13). The second kappa shape index (κ2) is 3.87. The summed E-state index contributed by atoms with van der Waals surface area (Å²) in [6.07, 6.45) is 0. The zero-order valence-corrected chi connectivity index (χ0v) is 8.74. The summed E-state index contributed by atoms with van der Waals surface area (Å²) in [5, 5.41) is 4.90. The smallest absolute Gasteiger partial charge is 0.339 e. The van der Waals surface area contributed by atoms with Crippen LogP contribution < -0.4 is 10.9 Å². The second-order valence-corrected chi connectivity index (χ2v) is 4.35. The van der Waals surface area contributed by atoms with E-state index in [1.807, 2.05) is 0 Å². The molecule has 0 aliphatic rings. The molecule has 7 heteroatoms. The van der Waals surface area contributed by atoms with E-state index in [4.69, 9.17) is 10.9 Å². The summed E-state index contributed by atoms with van der Waals surface area (Å²) in [5.74, 6) is -0.710. The molecule has 4 N–H and O–H groups in total. The van der Waals surface area contributed by atoms with Gasteiger partial charge in [0.2, 0.25) is 10.0 Å². The van der Waals surface area contributed by atoms with E-state index in [0.29, 0.717) is 0 Å². The molecule has 0 unspecified atom stereocenters. The third-order valence-corrected chi connectivity index (χ3v) is 2.67. The summed E-state index contributed by atoms with van der Waals surface area (Å²) < 4.78 is 26.4. The number of nitrogens with two attached hydrogens (primary N) is 2. The van der Waals surface area contributed by atoms with Crippen LogP contribution in [0.2, 0.25) is 0 Å². The van der Waals surface area contributed by atoms with Gasteiger partial charge in [-0.3, -0.25) is 0 Å². The summed E-state index contributed by atoms with van der Waals surface area (Å²) in [5.41, 5.74) is 5.58. The van der Waals surface area contributed by atoms with Gasteiger partial charge >= 0.3 is 5.97 Å². The van der Waals surface area contributed by atoms with Gasteiger partial charge in [0.25, 0.3) is 0 Å². The number of sulfonamides is 1. The van der Waals surface area contributed by atoms with Crippen LogP contribution in [0, 0.1) is 0 Å². The lowest BCUT2D eigenvalue weighted by atomic mass is 10.2. The van der Waals surface area contributed by atoms with E-state index in [1.54, 1.807) is 0 Å². The Labute approximate surface area is 86.9 Å². The van der Waals surface area contributed by atoms with E-state index < -0.39 is 16.0 Å². The van der Waals surface area contributed by atoms with Crippen molar-refractivity contribution in [3.05, 3.63) is 23.8 Å². The number of primary sulfonamides is 1. The maximum absolute atomic E-state index is 11.2. The van der Waals surface area contributed by atoms with Crippen molar-refractivity contribution in [3.63, 3.8) is 0 Å². The van der Waals surface area contributed by atoms with Crippen LogP contribution in [-0.4, -0.2) is 21.5 Å². The molecule has 0 aliphatic carbocycles. The lowest BCUT2D eigenvalue weighted by Gasteiger charge is -2.05. The Balaban J connectivity index is 3.36. The summed E-state index contributed by atoms with van der Waals surface area (Å²) in [7, 11) is -2.68. The van der Waals surface area contributed by atoms with E-state index in [2.05, 4.69) is 4.74 Å². The van der Waals surface area contributed by atoms with Crippen LogP contribution in [-0.2, 0) is 14.8 Å². The Morgan fingerprint density at radius 1 is 1.40 bits per heavy atom. The number of carbonyl (C=O) groups excluding carboxylic acids is 1. The molecule has 1 rings (SSSR count). The van der Waals surface area contributed by atoms with Crippen molar-refractivity contribution in [1.82, 2.24) is 0 Å². The number of ether oxygens (including phenoxy) is 1. The summed E-state index contributed by atoms with van der Waals surface area (Å²) in [6, 6.07) is 3.58. The quantitative estimate of drug-likeness (QED) is 0.535. The number of rotatable bonds is 2. The van der Waals surface area contributed by atoms with Gasteiger partial charge in [-0.25, -0.2) is 18.4 Å². The van der Waals surface area contributed by atoms with Crippen LogP contribution in [0.25, 0.3) is 0 Å². The highest BCUT2D eigenvalue weighted by Crippen LogP contribution is 2.17. The van der Waals surface area contributed by atoms with Crippen LogP contribution >= 0.6 is 0 Å². The molecule has 0 bridgehead atoms. The van der Waals surface area contributed by atoms with E-state index >= 15 is 0 Å². The van der Waals surface area contributed by atoms with Gasteiger partial charge in [-0.2, -0.15) is 0 Å². The van der Waals surface area contributed by atoms with Gasteiger partial charge < -0.3 is 10.5 Å². The molecule has 0 spiro atoms. The number of benzene rings is 1. The molecule has 0 aromatic heterocycles. The molecule has 0 heterocycles. The number of anilines is 1. The molecule has 1 aromatic rings. The first-order valence-corrected chi connectivity index (χ1v) is 5.41. The number of esters is 1. The van der Waals surface area contributed by atoms with Crippen molar-refractivity contribution in [3.8, 4) is 0 Å². The predicted octanol–water partition coefficient (Wildman–Crippen LogP) is -0.297.